The van der Waals surface area contributed by atoms with Crippen molar-refractivity contribution >= 4 is 11.8 Å². The number of benzene rings is 2. The summed E-state index contributed by atoms with van der Waals surface area (Å²) in [6, 6.07) is 8.96. The minimum Gasteiger partial charge on any atom is -0.496 e. The van der Waals surface area contributed by atoms with E-state index in [4.69, 9.17) is 14.3 Å². The Kier molecular flexibility index (Phi) is 12.0. The van der Waals surface area contributed by atoms with Gasteiger partial charge in [-0.15, -0.1) is 0 Å². The van der Waals surface area contributed by atoms with E-state index in [1.807, 2.05) is 52.2 Å². The van der Waals surface area contributed by atoms with Crippen molar-refractivity contribution in [3.05, 3.63) is 47.0 Å². The molecule has 5 aliphatic rings. The molecule has 2 aromatic carbocycles. The van der Waals surface area contributed by atoms with Gasteiger partial charge in [-0.2, -0.15) is 5.06 Å². The highest BCUT2D eigenvalue weighted by Gasteiger charge is 2.57. The first kappa shape index (κ1) is 42.4. The Morgan fingerprint density at radius 1 is 1.12 bits per heavy atom. The van der Waals surface area contributed by atoms with Crippen LogP contribution in [0.25, 0.3) is 11.1 Å². The van der Waals surface area contributed by atoms with E-state index in [-0.39, 0.29) is 47.9 Å². The van der Waals surface area contributed by atoms with Crippen molar-refractivity contribution in [1.29, 1.82) is 0 Å². The Labute approximate surface area is 334 Å². The first-order valence-electron chi connectivity index (χ1n) is 20.6. The fraction of sp³-hybridized carbons (Fsp3) is 0.689. The Morgan fingerprint density at radius 2 is 1.84 bits per heavy atom. The molecule has 4 N–H and O–H groups in total. The molecule has 1 saturated heterocycles. The number of nitrogens with one attached hydrogen (secondary N) is 2. The highest BCUT2D eigenvalue weighted by atomic mass is 16.7. The van der Waals surface area contributed by atoms with Crippen LogP contribution in [0.4, 0.5) is 0 Å². The molecule has 0 spiro atoms. The lowest BCUT2D eigenvalue weighted by molar-refractivity contribution is -0.183. The highest BCUT2D eigenvalue weighted by molar-refractivity contribution is 5.99. The maximum atomic E-state index is 14.3. The van der Waals surface area contributed by atoms with Crippen LogP contribution in [-0.2, 0) is 22.6 Å². The molecule has 7 rings (SSSR count). The van der Waals surface area contributed by atoms with Gasteiger partial charge in [-0.1, -0.05) is 59.7 Å². The molecule has 0 radical (unpaired) electrons. The van der Waals surface area contributed by atoms with Gasteiger partial charge in [0, 0.05) is 42.1 Å². The molecule has 2 aromatic rings. The van der Waals surface area contributed by atoms with Crippen molar-refractivity contribution in [3.8, 4) is 22.6 Å². The standard InChI is InChI=1S/C45H68N4O7/c1-25-34-18-30(45(34,8)9)19-35(25)47-42(53)38-37(26(2)51)36(24-50)56-49(38)22-27-14-13-15-32(39(27)54-12)28-16-29-20-44(6,7)55-40(29)33(17-28)41(52)46-31(23-48(10)11)21-43(3,4)5/h13-17,25-26,30-31,34-38,50-51H,18-24H2,1-12H3,(H,46,52)(H,47,53)/t25-,26-,30+,31-,34+,35-,36-,37+,38-/m0/s1. The zero-order chi connectivity index (χ0) is 41.1. The lowest BCUT2D eigenvalue weighted by atomic mass is 9.45. The van der Waals surface area contributed by atoms with Crippen LogP contribution >= 0.6 is 0 Å². The van der Waals surface area contributed by atoms with Gasteiger partial charge in [0.2, 0.25) is 5.91 Å². The number of likely N-dealkylation sites (N-methyl/N-ethyl adjacent to an activating group) is 1. The number of ether oxygens (including phenoxy) is 2. The van der Waals surface area contributed by atoms with E-state index in [1.54, 1.807) is 19.1 Å². The summed E-state index contributed by atoms with van der Waals surface area (Å²) in [5, 5.41) is 29.7. The smallest absolute Gasteiger partial charge is 0.255 e. The molecule has 2 bridgehead atoms. The second kappa shape index (κ2) is 15.9. The first-order chi connectivity index (χ1) is 26.1. The second-order valence-corrected chi connectivity index (χ2v) is 20.0. The Bertz CT molecular complexity index is 1770. The van der Waals surface area contributed by atoms with Gasteiger partial charge in [-0.05, 0) is 106 Å². The fourth-order valence-electron chi connectivity index (χ4n) is 10.5. The average Bonchev–Trinajstić information content (AvgIpc) is 3.62. The number of para-hydroxylation sites is 1. The topological polar surface area (TPSA) is 133 Å². The third kappa shape index (κ3) is 8.48. The van der Waals surface area contributed by atoms with Gasteiger partial charge in [0.25, 0.3) is 5.91 Å². The monoisotopic (exact) mass is 777 g/mol. The molecule has 0 unspecified atom stereocenters. The highest BCUT2D eigenvalue weighted by Crippen LogP contribution is 2.61. The SMILES string of the molecule is COc1c(CN2O[C@@H](CO)[C@@H]([C@H](C)O)[C@H]2C(=O)N[C@H]2C[C@H]3C[C@H]([C@@H]2C)C3(C)C)cccc1-c1cc2c(c(C(=O)N[C@H](CN(C)C)CC(C)(C)C)c1)OC(C)(C)C2. The van der Waals surface area contributed by atoms with Crippen molar-refractivity contribution in [2.45, 2.75) is 130 Å². The van der Waals surface area contributed by atoms with Crippen molar-refractivity contribution in [3.63, 3.8) is 0 Å². The molecule has 0 aromatic heterocycles. The molecule has 11 nitrogen and oxygen atoms in total. The number of carbonyl (C=O) groups excluding carboxylic acids is 2. The molecule has 56 heavy (non-hydrogen) atoms. The van der Waals surface area contributed by atoms with Gasteiger partial charge in [0.05, 0.1) is 31.9 Å². The van der Waals surface area contributed by atoms with Crippen LogP contribution in [-0.4, -0.2) is 102 Å². The largest absolute Gasteiger partial charge is 0.496 e. The number of hydrogen-bond donors (Lipinski definition) is 4. The molecule has 11 heteroatoms. The Hall–Kier alpha value is -3.22. The van der Waals surface area contributed by atoms with E-state index in [1.165, 1.54) is 6.42 Å². The molecule has 310 valence electrons. The minimum atomic E-state index is -0.902. The summed E-state index contributed by atoms with van der Waals surface area (Å²) in [6.07, 6.45) is 1.92. The van der Waals surface area contributed by atoms with Crippen molar-refractivity contribution < 1.29 is 34.1 Å². The first-order valence-corrected chi connectivity index (χ1v) is 20.6. The summed E-state index contributed by atoms with van der Waals surface area (Å²) < 4.78 is 12.6. The van der Waals surface area contributed by atoms with Crippen molar-refractivity contribution in [2.24, 2.45) is 34.5 Å². The van der Waals surface area contributed by atoms with Crippen LogP contribution in [0, 0.1) is 34.5 Å². The summed E-state index contributed by atoms with van der Waals surface area (Å²) in [7, 11) is 5.65. The van der Waals surface area contributed by atoms with E-state index in [9.17, 15) is 19.8 Å². The normalized spacial score (nSPS) is 28.9. The van der Waals surface area contributed by atoms with E-state index < -0.39 is 29.8 Å². The number of aliphatic hydroxyl groups excluding tert-OH is 2. The number of fused-ring (bicyclic) bond motifs is 3. The van der Waals surface area contributed by atoms with Crippen LogP contribution in [0.2, 0.25) is 0 Å². The number of methoxy groups -OCH3 is 1. The molecular weight excluding hydrogens is 709 g/mol. The third-order valence-electron chi connectivity index (χ3n) is 13.2. The van der Waals surface area contributed by atoms with Crippen molar-refractivity contribution in [1.82, 2.24) is 20.6 Å². The Morgan fingerprint density at radius 3 is 2.43 bits per heavy atom. The third-order valence-corrected chi connectivity index (χ3v) is 13.2. The number of amides is 2. The summed E-state index contributed by atoms with van der Waals surface area (Å²) in [6.45, 7) is 19.7. The van der Waals surface area contributed by atoms with Gasteiger partial charge in [-0.25, -0.2) is 0 Å². The molecule has 2 heterocycles. The summed E-state index contributed by atoms with van der Waals surface area (Å²) >= 11 is 0. The van der Waals surface area contributed by atoms with Gasteiger partial charge in [-0.3, -0.25) is 14.4 Å². The van der Waals surface area contributed by atoms with E-state index >= 15 is 0 Å². The number of carbonyl (C=O) groups is 2. The van der Waals surface area contributed by atoms with Gasteiger partial charge >= 0.3 is 0 Å². The van der Waals surface area contributed by atoms with Crippen LogP contribution in [0.1, 0.15) is 103 Å². The lowest BCUT2D eigenvalue weighted by Crippen LogP contribution is -2.62. The van der Waals surface area contributed by atoms with E-state index in [0.29, 0.717) is 47.8 Å². The number of rotatable bonds is 13. The molecule has 9 atom stereocenters. The predicted octanol–water partition coefficient (Wildman–Crippen LogP) is 5.83. The molecule has 2 aliphatic heterocycles. The number of hydroxylamine groups is 2. The summed E-state index contributed by atoms with van der Waals surface area (Å²) in [5.74, 6) is 1.62. The van der Waals surface area contributed by atoms with Crippen LogP contribution in [0.15, 0.2) is 30.3 Å². The van der Waals surface area contributed by atoms with Gasteiger partial charge in [0.1, 0.15) is 29.2 Å². The van der Waals surface area contributed by atoms with Crippen LogP contribution in [0.5, 0.6) is 11.5 Å². The number of nitrogens with zero attached hydrogens (tertiary/aromatic N) is 2. The van der Waals surface area contributed by atoms with Gasteiger partial charge in [0.15, 0.2) is 0 Å². The zero-order valence-corrected chi connectivity index (χ0v) is 35.9. The second-order valence-electron chi connectivity index (χ2n) is 20.0. The Balaban J connectivity index is 1.32. The molecule has 2 amide bonds. The number of aliphatic hydroxyl groups is 2. The summed E-state index contributed by atoms with van der Waals surface area (Å²) in [5.41, 5.74) is 3.62. The number of hydrogen-bond acceptors (Lipinski definition) is 9. The molecule has 3 saturated carbocycles. The van der Waals surface area contributed by atoms with E-state index in [2.05, 4.69) is 63.1 Å². The lowest BCUT2D eigenvalue weighted by Gasteiger charge is -2.62. The maximum absolute atomic E-state index is 14.3. The molecular formula is C45H68N4O7. The van der Waals surface area contributed by atoms with Gasteiger partial charge < -0.3 is 35.2 Å². The van der Waals surface area contributed by atoms with Crippen LogP contribution < -0.4 is 20.1 Å². The molecule has 4 fully saturated rings. The van der Waals surface area contributed by atoms with E-state index in [0.717, 1.165) is 35.1 Å². The maximum Gasteiger partial charge on any atom is 0.255 e. The zero-order valence-electron chi connectivity index (χ0n) is 35.9. The molecule has 3 aliphatic carbocycles. The average molecular weight is 777 g/mol. The predicted molar refractivity (Wildman–Crippen MR) is 218 cm³/mol. The minimum absolute atomic E-state index is 0.0149. The quantitative estimate of drug-likeness (QED) is 0.198. The fourth-order valence-corrected chi connectivity index (χ4v) is 10.5. The van der Waals surface area contributed by atoms with Crippen LogP contribution in [0.3, 0.4) is 0 Å². The summed E-state index contributed by atoms with van der Waals surface area (Å²) in [4.78, 5) is 37.0. The van der Waals surface area contributed by atoms with Crippen molar-refractivity contribution in [2.75, 3.05) is 34.4 Å².